The van der Waals surface area contributed by atoms with E-state index in [0.717, 1.165) is 11.8 Å². The van der Waals surface area contributed by atoms with Gasteiger partial charge in [0, 0.05) is 32.3 Å². The Kier molecular flexibility index (Phi) is 5.17. The maximum Gasteiger partial charge on any atom is 0.335 e. The Morgan fingerprint density at radius 3 is 2.13 bits per heavy atom. The van der Waals surface area contributed by atoms with E-state index < -0.39 is 16.0 Å². The van der Waals surface area contributed by atoms with E-state index in [4.69, 9.17) is 5.11 Å². The summed E-state index contributed by atoms with van der Waals surface area (Å²) in [7, 11) is -3.21. The second-order valence-corrected chi connectivity index (χ2v) is 7.23. The number of carboxylic acids is 1. The van der Waals surface area contributed by atoms with Gasteiger partial charge in [-0.15, -0.1) is 0 Å². The van der Waals surface area contributed by atoms with Gasteiger partial charge in [-0.2, -0.15) is 4.31 Å². The summed E-state index contributed by atoms with van der Waals surface area (Å²) in [6.07, 6.45) is 4.17. The molecule has 1 aliphatic heterocycles. The molecular weight excluding hydrogens is 320 g/mol. The van der Waals surface area contributed by atoms with E-state index in [1.165, 1.54) is 22.5 Å². The Balaban J connectivity index is 1.93. The summed E-state index contributed by atoms with van der Waals surface area (Å²) in [4.78, 5) is 24.4. The molecule has 7 nitrogen and oxygen atoms in total. The summed E-state index contributed by atoms with van der Waals surface area (Å²) in [6.45, 7) is 1.31. The van der Waals surface area contributed by atoms with Crippen molar-refractivity contribution in [2.45, 2.75) is 0 Å². The van der Waals surface area contributed by atoms with E-state index >= 15 is 0 Å². The van der Waals surface area contributed by atoms with Crippen molar-refractivity contribution in [3.63, 3.8) is 0 Å². The summed E-state index contributed by atoms with van der Waals surface area (Å²) in [5.41, 5.74) is 0.906. The Hall–Kier alpha value is -2.19. The maximum atomic E-state index is 12.1. The van der Waals surface area contributed by atoms with E-state index in [2.05, 4.69) is 0 Å². The van der Waals surface area contributed by atoms with Crippen molar-refractivity contribution in [3.05, 3.63) is 41.5 Å². The highest BCUT2D eigenvalue weighted by Gasteiger charge is 2.24. The van der Waals surface area contributed by atoms with Gasteiger partial charge in [0.2, 0.25) is 15.9 Å². The molecule has 1 saturated heterocycles. The normalized spacial score (nSPS) is 16.7. The molecule has 1 amide bonds. The predicted octanol–water partition coefficient (Wildman–Crippen LogP) is 0.502. The van der Waals surface area contributed by atoms with Gasteiger partial charge in [-0.1, -0.05) is 12.1 Å². The van der Waals surface area contributed by atoms with Gasteiger partial charge in [0.05, 0.1) is 11.8 Å². The van der Waals surface area contributed by atoms with E-state index in [1.807, 2.05) is 0 Å². The summed E-state index contributed by atoms with van der Waals surface area (Å²) in [5.74, 6) is -1.19. The monoisotopic (exact) mass is 338 g/mol. The number of hydrogen-bond acceptors (Lipinski definition) is 4. The van der Waals surface area contributed by atoms with Crippen molar-refractivity contribution < 1.29 is 23.1 Å². The van der Waals surface area contributed by atoms with Gasteiger partial charge in [0.15, 0.2) is 0 Å². The molecule has 0 saturated carbocycles. The standard InChI is InChI=1S/C15H18N2O5S/c1-23(21,22)17-10-8-16(9-11-17)14(18)7-4-12-2-5-13(6-3-12)15(19)20/h2-7H,8-11H2,1H3,(H,19,20)/b7-4+. The first-order valence-corrected chi connectivity index (χ1v) is 8.87. The molecule has 0 unspecified atom stereocenters. The number of sulfonamides is 1. The molecule has 0 aliphatic carbocycles. The molecule has 0 atom stereocenters. The van der Waals surface area contributed by atoms with Gasteiger partial charge in [-0.05, 0) is 23.8 Å². The second kappa shape index (κ2) is 6.93. The molecule has 1 aromatic rings. The zero-order valence-electron chi connectivity index (χ0n) is 12.7. The Bertz CT molecular complexity index is 717. The van der Waals surface area contributed by atoms with Crippen LogP contribution < -0.4 is 0 Å². The lowest BCUT2D eigenvalue weighted by molar-refractivity contribution is -0.127. The van der Waals surface area contributed by atoms with Gasteiger partial charge >= 0.3 is 5.97 Å². The molecule has 8 heteroatoms. The van der Waals surface area contributed by atoms with Crippen LogP contribution in [-0.2, 0) is 14.8 Å². The van der Waals surface area contributed by atoms with Crippen LogP contribution in [0.15, 0.2) is 30.3 Å². The molecule has 0 aromatic heterocycles. The van der Waals surface area contributed by atoms with Crippen LogP contribution >= 0.6 is 0 Å². The zero-order chi connectivity index (χ0) is 17.0. The average molecular weight is 338 g/mol. The number of benzene rings is 1. The largest absolute Gasteiger partial charge is 0.478 e. The Morgan fingerprint density at radius 2 is 1.65 bits per heavy atom. The van der Waals surface area contributed by atoms with Gasteiger partial charge in [0.1, 0.15) is 0 Å². The number of aromatic carboxylic acids is 1. The fourth-order valence-electron chi connectivity index (χ4n) is 2.25. The number of carbonyl (C=O) groups excluding carboxylic acids is 1. The van der Waals surface area contributed by atoms with Gasteiger partial charge in [0.25, 0.3) is 0 Å². The van der Waals surface area contributed by atoms with E-state index in [0.29, 0.717) is 26.2 Å². The Labute approximate surface area is 134 Å². The molecule has 124 valence electrons. The lowest BCUT2D eigenvalue weighted by Gasteiger charge is -2.32. The summed E-state index contributed by atoms with van der Waals surface area (Å²) < 4.78 is 24.2. The number of rotatable bonds is 4. The molecule has 23 heavy (non-hydrogen) atoms. The number of hydrogen-bond donors (Lipinski definition) is 1. The first kappa shape index (κ1) is 17.2. The van der Waals surface area contributed by atoms with Crippen molar-refractivity contribution in [1.29, 1.82) is 0 Å². The van der Waals surface area contributed by atoms with Crippen LogP contribution in [0.5, 0.6) is 0 Å². The Morgan fingerprint density at radius 1 is 1.09 bits per heavy atom. The summed E-state index contributed by atoms with van der Waals surface area (Å²) >= 11 is 0. The molecule has 0 bridgehead atoms. The molecule has 1 N–H and O–H groups in total. The molecule has 1 aliphatic rings. The molecule has 2 rings (SSSR count). The van der Waals surface area contributed by atoms with Gasteiger partial charge < -0.3 is 10.0 Å². The number of carboxylic acid groups (broad SMARTS) is 1. The van der Waals surface area contributed by atoms with E-state index in [-0.39, 0.29) is 11.5 Å². The second-order valence-electron chi connectivity index (χ2n) is 5.25. The minimum atomic E-state index is -3.21. The molecule has 0 radical (unpaired) electrons. The highest BCUT2D eigenvalue weighted by Crippen LogP contribution is 2.09. The van der Waals surface area contributed by atoms with Crippen molar-refractivity contribution in [2.75, 3.05) is 32.4 Å². The van der Waals surface area contributed by atoms with E-state index in [1.54, 1.807) is 23.1 Å². The molecule has 1 heterocycles. The highest BCUT2D eigenvalue weighted by atomic mass is 32.2. The van der Waals surface area contributed by atoms with E-state index in [9.17, 15) is 18.0 Å². The van der Waals surface area contributed by atoms with Crippen molar-refractivity contribution in [3.8, 4) is 0 Å². The smallest absolute Gasteiger partial charge is 0.335 e. The highest BCUT2D eigenvalue weighted by molar-refractivity contribution is 7.88. The molecule has 1 aromatic carbocycles. The first-order chi connectivity index (χ1) is 10.8. The van der Waals surface area contributed by atoms with Crippen molar-refractivity contribution in [2.24, 2.45) is 0 Å². The van der Waals surface area contributed by atoms with Crippen LogP contribution in [0.4, 0.5) is 0 Å². The topological polar surface area (TPSA) is 95.0 Å². The van der Waals surface area contributed by atoms with Crippen LogP contribution in [0, 0.1) is 0 Å². The minimum Gasteiger partial charge on any atom is -0.478 e. The first-order valence-electron chi connectivity index (χ1n) is 7.03. The quantitative estimate of drug-likeness (QED) is 0.807. The molecule has 1 fully saturated rings. The maximum absolute atomic E-state index is 12.1. The number of amides is 1. The van der Waals surface area contributed by atoms with Gasteiger partial charge in [-0.3, -0.25) is 4.79 Å². The fourth-order valence-corrected chi connectivity index (χ4v) is 3.08. The minimum absolute atomic E-state index is 0.186. The summed E-state index contributed by atoms with van der Waals surface area (Å²) in [6, 6.07) is 6.18. The summed E-state index contributed by atoms with van der Waals surface area (Å²) in [5, 5.41) is 8.82. The number of carbonyl (C=O) groups is 2. The molecular formula is C15H18N2O5S. The molecule has 0 spiro atoms. The van der Waals surface area contributed by atoms with Crippen LogP contribution in [0.2, 0.25) is 0 Å². The van der Waals surface area contributed by atoms with Crippen LogP contribution in [0.1, 0.15) is 15.9 Å². The third-order valence-corrected chi connectivity index (χ3v) is 4.90. The third-order valence-electron chi connectivity index (χ3n) is 3.60. The average Bonchev–Trinajstić information content (AvgIpc) is 2.52. The van der Waals surface area contributed by atoms with Crippen LogP contribution in [-0.4, -0.2) is 67.0 Å². The fraction of sp³-hybridized carbons (Fsp3) is 0.333. The zero-order valence-corrected chi connectivity index (χ0v) is 13.5. The lowest BCUT2D eigenvalue weighted by Crippen LogP contribution is -2.49. The third kappa shape index (κ3) is 4.64. The van der Waals surface area contributed by atoms with Crippen LogP contribution in [0.3, 0.4) is 0 Å². The van der Waals surface area contributed by atoms with Crippen molar-refractivity contribution in [1.82, 2.24) is 9.21 Å². The lowest BCUT2D eigenvalue weighted by atomic mass is 10.1. The van der Waals surface area contributed by atoms with Crippen LogP contribution in [0.25, 0.3) is 6.08 Å². The van der Waals surface area contributed by atoms with Gasteiger partial charge in [-0.25, -0.2) is 13.2 Å². The number of nitrogens with zero attached hydrogens (tertiary/aromatic N) is 2. The predicted molar refractivity (Wildman–Crippen MR) is 85.4 cm³/mol. The van der Waals surface area contributed by atoms with Crippen molar-refractivity contribution >= 4 is 28.0 Å². The number of piperazine rings is 1. The SMILES string of the molecule is CS(=O)(=O)N1CCN(C(=O)/C=C/c2ccc(C(=O)O)cc2)CC1.